The molecule has 0 saturated heterocycles. The van der Waals surface area contributed by atoms with Crippen LogP contribution >= 0.6 is 7.68 Å². The highest BCUT2D eigenvalue weighted by atomic mass is 31.2. The van der Waals surface area contributed by atoms with E-state index in [2.05, 4.69) is 20.8 Å². The van der Waals surface area contributed by atoms with Crippen LogP contribution in [0.4, 0.5) is 4.20 Å². The van der Waals surface area contributed by atoms with Crippen LogP contribution in [0.3, 0.4) is 0 Å². The van der Waals surface area contributed by atoms with Gasteiger partial charge in [-0.05, 0) is 25.2 Å². The van der Waals surface area contributed by atoms with Crippen molar-refractivity contribution in [1.29, 1.82) is 0 Å². The number of hydrogen-bond donors (Lipinski definition) is 0. The fraction of sp³-hybridized carbons (Fsp3) is 1.00. The quantitative estimate of drug-likeness (QED) is 0.647. The third-order valence-corrected chi connectivity index (χ3v) is 3.38. The van der Waals surface area contributed by atoms with E-state index in [9.17, 15) is 8.76 Å². The third kappa shape index (κ3) is 7.52. The molecule has 0 rings (SSSR count). The van der Waals surface area contributed by atoms with E-state index in [1.54, 1.807) is 13.8 Å². The highest BCUT2D eigenvalue weighted by Gasteiger charge is 2.26. The molecule has 0 radical (unpaired) electrons. The predicted octanol–water partition coefficient (Wildman–Crippen LogP) is 4.40. The van der Waals surface area contributed by atoms with Crippen molar-refractivity contribution in [3.63, 3.8) is 0 Å². The van der Waals surface area contributed by atoms with E-state index in [0.29, 0.717) is 12.8 Å². The molecular weight excluding hydrogens is 202 g/mol. The van der Waals surface area contributed by atoms with Crippen molar-refractivity contribution >= 4 is 7.68 Å². The highest BCUT2D eigenvalue weighted by Crippen LogP contribution is 2.51. The first-order valence-electron chi connectivity index (χ1n) is 5.13. The minimum Gasteiger partial charge on any atom is -0.302 e. The lowest BCUT2D eigenvalue weighted by Gasteiger charge is -2.24. The van der Waals surface area contributed by atoms with Crippen molar-refractivity contribution in [2.45, 2.75) is 53.6 Å². The molecule has 0 aromatic heterocycles. The van der Waals surface area contributed by atoms with Gasteiger partial charge in [-0.3, -0.25) is 4.57 Å². The highest BCUT2D eigenvalue weighted by molar-refractivity contribution is 7.53. The average Bonchev–Trinajstić information content (AvgIpc) is 1.78. The second-order valence-electron chi connectivity index (χ2n) is 4.99. The molecule has 4 heteroatoms. The summed E-state index contributed by atoms with van der Waals surface area (Å²) in [6.45, 7) is 9.72. The van der Waals surface area contributed by atoms with Gasteiger partial charge in [0.25, 0.3) is 0 Å². The average molecular weight is 224 g/mol. The zero-order chi connectivity index (χ0) is 11.4. The molecule has 0 amide bonds. The van der Waals surface area contributed by atoms with Gasteiger partial charge in [-0.25, -0.2) is 0 Å². The first kappa shape index (κ1) is 14.1. The molecule has 86 valence electrons. The van der Waals surface area contributed by atoms with Gasteiger partial charge >= 0.3 is 7.68 Å². The third-order valence-electron chi connectivity index (χ3n) is 1.73. The molecule has 2 unspecified atom stereocenters. The van der Waals surface area contributed by atoms with E-state index < -0.39 is 7.68 Å². The molecule has 0 saturated carbocycles. The summed E-state index contributed by atoms with van der Waals surface area (Å²) in [6, 6.07) is 0. The zero-order valence-corrected chi connectivity index (χ0v) is 10.7. The monoisotopic (exact) mass is 224 g/mol. The minimum absolute atomic E-state index is 0.0292. The van der Waals surface area contributed by atoms with Crippen LogP contribution in [0, 0.1) is 5.41 Å². The minimum atomic E-state index is -3.83. The lowest BCUT2D eigenvalue weighted by molar-refractivity contribution is 0.152. The van der Waals surface area contributed by atoms with E-state index >= 15 is 0 Å². The van der Waals surface area contributed by atoms with Crippen molar-refractivity contribution in [3.8, 4) is 0 Å². The summed E-state index contributed by atoms with van der Waals surface area (Å²) in [6.07, 6.45) is 1.01. The Morgan fingerprint density at radius 3 is 2.29 bits per heavy atom. The molecule has 0 aliphatic rings. The first-order valence-corrected chi connectivity index (χ1v) is 6.83. The maximum Gasteiger partial charge on any atom is 0.367 e. The molecule has 0 spiro atoms. The van der Waals surface area contributed by atoms with E-state index in [-0.39, 0.29) is 17.7 Å². The van der Waals surface area contributed by atoms with Crippen molar-refractivity contribution in [2.75, 3.05) is 6.16 Å². The summed E-state index contributed by atoms with van der Waals surface area (Å²) in [7, 11) is -3.83. The van der Waals surface area contributed by atoms with Crippen LogP contribution in [-0.4, -0.2) is 12.3 Å². The number of rotatable bonds is 5. The van der Waals surface area contributed by atoms with Gasteiger partial charge in [0.05, 0.1) is 12.3 Å². The Morgan fingerprint density at radius 1 is 1.43 bits per heavy atom. The topological polar surface area (TPSA) is 26.3 Å². The van der Waals surface area contributed by atoms with Crippen LogP contribution in [0.2, 0.25) is 0 Å². The molecule has 0 aromatic carbocycles. The van der Waals surface area contributed by atoms with Gasteiger partial charge in [-0.15, -0.1) is 0 Å². The fourth-order valence-corrected chi connectivity index (χ4v) is 2.74. The largest absolute Gasteiger partial charge is 0.367 e. The molecule has 0 aliphatic heterocycles. The first-order chi connectivity index (χ1) is 6.16. The summed E-state index contributed by atoms with van der Waals surface area (Å²) in [5.74, 6) is 0. The zero-order valence-electron chi connectivity index (χ0n) is 9.84. The van der Waals surface area contributed by atoms with Crippen LogP contribution in [0.5, 0.6) is 0 Å². The van der Waals surface area contributed by atoms with Crippen LogP contribution in [-0.2, 0) is 9.09 Å². The van der Waals surface area contributed by atoms with Crippen LogP contribution < -0.4 is 0 Å². The molecule has 0 heterocycles. The summed E-state index contributed by atoms with van der Waals surface area (Å²) in [5.41, 5.74) is 0.0750. The second-order valence-corrected chi connectivity index (χ2v) is 6.83. The van der Waals surface area contributed by atoms with Gasteiger partial charge in [-0.1, -0.05) is 27.7 Å². The molecule has 0 N–H and O–H groups in total. The van der Waals surface area contributed by atoms with E-state index in [1.165, 1.54) is 0 Å². The molecule has 0 fully saturated rings. The van der Waals surface area contributed by atoms with E-state index in [4.69, 9.17) is 4.52 Å². The molecule has 0 aliphatic carbocycles. The second kappa shape index (κ2) is 5.27. The lowest BCUT2D eigenvalue weighted by atomic mass is 9.90. The lowest BCUT2D eigenvalue weighted by Crippen LogP contribution is -2.16. The summed E-state index contributed by atoms with van der Waals surface area (Å²) in [4.78, 5) is 0. The maximum absolute atomic E-state index is 13.2. The Hall–Kier alpha value is 0.120. The molecule has 0 bridgehead atoms. The summed E-state index contributed by atoms with van der Waals surface area (Å²) >= 11 is 0. The van der Waals surface area contributed by atoms with E-state index in [0.717, 1.165) is 0 Å². The standard InChI is InChI=1S/C10H22FO2P/c1-6-7-14(11,12)13-9(2)8-10(3,4)5/h9H,6-8H2,1-5H3. The van der Waals surface area contributed by atoms with Gasteiger partial charge in [0.2, 0.25) is 0 Å². The van der Waals surface area contributed by atoms with Gasteiger partial charge in [0, 0.05) is 0 Å². The van der Waals surface area contributed by atoms with Gasteiger partial charge in [-0.2, -0.15) is 4.20 Å². The molecule has 14 heavy (non-hydrogen) atoms. The molecule has 2 atom stereocenters. The maximum atomic E-state index is 13.2. The Labute approximate surface area is 86.8 Å². The van der Waals surface area contributed by atoms with Gasteiger partial charge < -0.3 is 4.52 Å². The summed E-state index contributed by atoms with van der Waals surface area (Å²) in [5, 5.41) is 0. The predicted molar refractivity (Wildman–Crippen MR) is 58.5 cm³/mol. The summed E-state index contributed by atoms with van der Waals surface area (Å²) < 4.78 is 29.4. The molecule has 2 nitrogen and oxygen atoms in total. The van der Waals surface area contributed by atoms with Gasteiger partial charge in [0.15, 0.2) is 0 Å². The Morgan fingerprint density at radius 2 is 1.93 bits per heavy atom. The Balaban J connectivity index is 4.06. The van der Waals surface area contributed by atoms with Crippen LogP contribution in [0.1, 0.15) is 47.5 Å². The Kier molecular flexibility index (Phi) is 5.32. The van der Waals surface area contributed by atoms with Crippen LogP contribution in [0.25, 0.3) is 0 Å². The van der Waals surface area contributed by atoms with Crippen molar-refractivity contribution in [1.82, 2.24) is 0 Å². The van der Waals surface area contributed by atoms with Crippen molar-refractivity contribution in [2.24, 2.45) is 5.41 Å². The van der Waals surface area contributed by atoms with E-state index in [1.807, 2.05) is 0 Å². The van der Waals surface area contributed by atoms with Gasteiger partial charge in [0.1, 0.15) is 0 Å². The molecule has 0 aromatic rings. The van der Waals surface area contributed by atoms with Crippen molar-refractivity contribution < 1.29 is 13.3 Å². The SMILES string of the molecule is CCCP(=O)(F)OC(C)CC(C)(C)C. The molecular formula is C10H22FO2P. The Bertz CT molecular complexity index is 211. The number of halogens is 1. The van der Waals surface area contributed by atoms with Crippen LogP contribution in [0.15, 0.2) is 0 Å². The number of hydrogen-bond acceptors (Lipinski definition) is 2. The smallest absolute Gasteiger partial charge is 0.302 e. The normalized spacial score (nSPS) is 19.0. The fourth-order valence-electron chi connectivity index (χ4n) is 1.49. The van der Waals surface area contributed by atoms with Crippen molar-refractivity contribution in [3.05, 3.63) is 0 Å².